The van der Waals surface area contributed by atoms with E-state index in [4.69, 9.17) is 9.84 Å². The molecule has 9 heteroatoms. The average Bonchev–Trinajstić information content (AvgIpc) is 3.36. The molecule has 29 heavy (non-hydrogen) atoms. The number of aliphatic carboxylic acids is 1. The summed E-state index contributed by atoms with van der Waals surface area (Å²) in [6, 6.07) is 0.528. The first kappa shape index (κ1) is 22.4. The van der Waals surface area contributed by atoms with Gasteiger partial charge in [0.05, 0.1) is 22.9 Å². The van der Waals surface area contributed by atoms with E-state index in [9.17, 15) is 9.59 Å². The maximum atomic E-state index is 13.2. The predicted octanol–water partition coefficient (Wildman–Crippen LogP) is 4.83. The van der Waals surface area contributed by atoms with Crippen LogP contribution in [0.1, 0.15) is 64.7 Å². The van der Waals surface area contributed by atoms with Gasteiger partial charge in [-0.15, -0.1) is 11.8 Å². The van der Waals surface area contributed by atoms with Crippen LogP contribution in [-0.2, 0) is 9.53 Å². The van der Waals surface area contributed by atoms with Crippen molar-refractivity contribution in [2.75, 3.05) is 17.7 Å². The lowest BCUT2D eigenvalue weighted by atomic mass is 9.91. The van der Waals surface area contributed by atoms with Crippen LogP contribution in [0.3, 0.4) is 0 Å². The molecule has 3 rings (SSSR count). The molecule has 1 heterocycles. The molecule has 0 bridgehead atoms. The summed E-state index contributed by atoms with van der Waals surface area (Å²) in [6.45, 7) is 2.78. The Labute approximate surface area is 180 Å². The quantitative estimate of drug-likeness (QED) is 0.533. The van der Waals surface area contributed by atoms with Crippen molar-refractivity contribution in [3.05, 3.63) is 6.20 Å². The maximum absolute atomic E-state index is 13.2. The number of aromatic nitrogens is 1. The van der Waals surface area contributed by atoms with Gasteiger partial charge >= 0.3 is 12.0 Å². The van der Waals surface area contributed by atoms with Crippen LogP contribution in [0.4, 0.5) is 9.93 Å². The second-order valence-corrected chi connectivity index (χ2v) is 10.1. The van der Waals surface area contributed by atoms with Gasteiger partial charge in [-0.1, -0.05) is 24.2 Å². The number of hydrogen-bond acceptors (Lipinski definition) is 6. The van der Waals surface area contributed by atoms with Crippen LogP contribution in [0.15, 0.2) is 10.4 Å². The Bertz CT molecular complexity index is 670. The van der Waals surface area contributed by atoms with Crippen LogP contribution < -0.4 is 5.32 Å². The molecular weight excluding hydrogens is 410 g/mol. The normalized spacial score (nSPS) is 22.5. The molecule has 162 valence electrons. The Morgan fingerprint density at radius 3 is 2.59 bits per heavy atom. The summed E-state index contributed by atoms with van der Waals surface area (Å²) < 4.78 is 6.70. The van der Waals surface area contributed by atoms with Crippen LogP contribution in [0.2, 0.25) is 0 Å². The van der Waals surface area contributed by atoms with E-state index in [1.807, 2.05) is 6.92 Å². The molecule has 0 atom stereocenters. The second-order valence-electron chi connectivity index (χ2n) is 7.64. The van der Waals surface area contributed by atoms with Crippen LogP contribution in [-0.4, -0.2) is 57.5 Å². The molecule has 1 aromatic heterocycles. The number of carboxylic acid groups (broad SMARTS) is 1. The number of anilines is 1. The summed E-state index contributed by atoms with van der Waals surface area (Å²) in [7, 11) is 0. The Kier molecular flexibility index (Phi) is 8.62. The Balaban J connectivity index is 1.59. The number of carboxylic acids is 1. The molecule has 0 radical (unpaired) electrons. The summed E-state index contributed by atoms with van der Waals surface area (Å²) in [5, 5.41) is 12.3. The van der Waals surface area contributed by atoms with Crippen LogP contribution in [0, 0.1) is 0 Å². The zero-order chi connectivity index (χ0) is 20.6. The lowest BCUT2D eigenvalue weighted by Gasteiger charge is -2.40. The average molecular weight is 442 g/mol. The van der Waals surface area contributed by atoms with Gasteiger partial charge in [0, 0.05) is 24.4 Å². The van der Waals surface area contributed by atoms with Crippen LogP contribution in [0.25, 0.3) is 0 Å². The van der Waals surface area contributed by atoms with Crippen molar-refractivity contribution < 1.29 is 19.4 Å². The van der Waals surface area contributed by atoms with E-state index in [0.29, 0.717) is 23.0 Å². The molecule has 0 saturated heterocycles. The first-order valence-corrected chi connectivity index (χ1v) is 12.4. The molecule has 0 unspecified atom stereocenters. The number of nitrogens with zero attached hydrogens (tertiary/aromatic N) is 2. The van der Waals surface area contributed by atoms with Gasteiger partial charge in [0.2, 0.25) is 0 Å². The third-order valence-corrected chi connectivity index (χ3v) is 7.76. The zero-order valence-corrected chi connectivity index (χ0v) is 18.6. The van der Waals surface area contributed by atoms with Gasteiger partial charge in [0.1, 0.15) is 0 Å². The van der Waals surface area contributed by atoms with Crippen molar-refractivity contribution >= 4 is 40.2 Å². The van der Waals surface area contributed by atoms with Gasteiger partial charge < -0.3 is 14.7 Å². The largest absolute Gasteiger partial charge is 0.481 e. The molecule has 0 aromatic carbocycles. The van der Waals surface area contributed by atoms with Crippen LogP contribution >= 0.6 is 23.1 Å². The molecule has 2 fully saturated rings. The van der Waals surface area contributed by atoms with Crippen molar-refractivity contribution in [3.63, 3.8) is 0 Å². The van der Waals surface area contributed by atoms with Gasteiger partial charge in [-0.05, 0) is 45.4 Å². The highest BCUT2D eigenvalue weighted by Crippen LogP contribution is 2.33. The standard InChI is InChI=1S/C20H31N3O4S2/c1-2-27-16-9-7-15(8-10-16)23(14-5-3-4-6-14)20(26)22-19-21-13-18(29-19)28-12-11-17(24)25/h13-16H,2-12H2,1H3,(H,24,25)(H,21,22,26). The third-order valence-electron chi connectivity index (χ3n) is 5.65. The number of carbonyl (C=O) groups is 2. The van der Waals surface area contributed by atoms with E-state index < -0.39 is 5.97 Å². The molecule has 1 aromatic rings. The number of thioether (sulfide) groups is 1. The topological polar surface area (TPSA) is 91.8 Å². The van der Waals surface area contributed by atoms with E-state index in [1.165, 1.54) is 35.9 Å². The van der Waals surface area contributed by atoms with Crippen LogP contribution in [0.5, 0.6) is 0 Å². The lowest BCUT2D eigenvalue weighted by Crippen LogP contribution is -2.50. The van der Waals surface area contributed by atoms with Crippen molar-refractivity contribution in [1.82, 2.24) is 9.88 Å². The summed E-state index contributed by atoms with van der Waals surface area (Å²) in [5.74, 6) is -0.302. The molecule has 2 aliphatic carbocycles. The van der Waals surface area contributed by atoms with Crippen molar-refractivity contribution in [2.24, 2.45) is 0 Å². The molecule has 2 amide bonds. The highest BCUT2D eigenvalue weighted by atomic mass is 32.2. The number of carbonyl (C=O) groups excluding carboxylic acids is 1. The molecular formula is C20H31N3O4S2. The van der Waals surface area contributed by atoms with Gasteiger partial charge in [-0.3, -0.25) is 10.1 Å². The van der Waals surface area contributed by atoms with E-state index in [0.717, 1.165) is 49.3 Å². The minimum Gasteiger partial charge on any atom is -0.481 e. The number of thiazole rings is 1. The number of ether oxygens (including phenoxy) is 1. The minimum atomic E-state index is -0.804. The van der Waals surface area contributed by atoms with Gasteiger partial charge in [0.15, 0.2) is 5.13 Å². The van der Waals surface area contributed by atoms with Gasteiger partial charge in [-0.25, -0.2) is 9.78 Å². The smallest absolute Gasteiger partial charge is 0.324 e. The first-order valence-electron chi connectivity index (χ1n) is 10.6. The fraction of sp³-hybridized carbons (Fsp3) is 0.750. The van der Waals surface area contributed by atoms with E-state index in [2.05, 4.69) is 15.2 Å². The highest BCUT2D eigenvalue weighted by molar-refractivity contribution is 8.01. The second kappa shape index (κ2) is 11.2. The minimum absolute atomic E-state index is 0.0480. The van der Waals surface area contributed by atoms with Gasteiger partial charge in [-0.2, -0.15) is 0 Å². The first-order chi connectivity index (χ1) is 14.1. The number of hydrogen-bond donors (Lipinski definition) is 2. The van der Waals surface area contributed by atoms with Crippen molar-refractivity contribution in [3.8, 4) is 0 Å². The monoisotopic (exact) mass is 441 g/mol. The molecule has 0 spiro atoms. The van der Waals surface area contributed by atoms with Crippen molar-refractivity contribution in [1.29, 1.82) is 0 Å². The Hall–Kier alpha value is -1.32. The molecule has 0 aliphatic heterocycles. The predicted molar refractivity (Wildman–Crippen MR) is 116 cm³/mol. The molecule has 2 N–H and O–H groups in total. The van der Waals surface area contributed by atoms with Gasteiger partial charge in [0.25, 0.3) is 0 Å². The summed E-state index contributed by atoms with van der Waals surface area (Å²) in [5.41, 5.74) is 0. The number of amides is 2. The number of urea groups is 1. The third kappa shape index (κ3) is 6.58. The summed E-state index contributed by atoms with van der Waals surface area (Å²) >= 11 is 2.87. The van der Waals surface area contributed by atoms with E-state index >= 15 is 0 Å². The molecule has 2 aliphatic rings. The zero-order valence-electron chi connectivity index (χ0n) is 17.0. The van der Waals surface area contributed by atoms with Crippen molar-refractivity contribution in [2.45, 2.75) is 87.1 Å². The highest BCUT2D eigenvalue weighted by Gasteiger charge is 2.35. The Morgan fingerprint density at radius 2 is 1.93 bits per heavy atom. The summed E-state index contributed by atoms with van der Waals surface area (Å²) in [6.07, 6.45) is 10.7. The Morgan fingerprint density at radius 1 is 1.24 bits per heavy atom. The fourth-order valence-corrected chi connectivity index (χ4v) is 6.18. The fourth-order valence-electron chi connectivity index (χ4n) is 4.32. The number of nitrogens with one attached hydrogen (secondary N) is 1. The SMILES string of the molecule is CCOC1CCC(N(C(=O)Nc2ncc(SCCC(=O)O)s2)C2CCCC2)CC1. The van der Waals surface area contributed by atoms with E-state index in [1.54, 1.807) is 6.20 Å². The lowest BCUT2D eigenvalue weighted by molar-refractivity contribution is -0.136. The van der Waals surface area contributed by atoms with E-state index in [-0.39, 0.29) is 18.5 Å². The summed E-state index contributed by atoms with van der Waals surface area (Å²) in [4.78, 5) is 30.2. The number of rotatable bonds is 9. The molecule has 7 nitrogen and oxygen atoms in total. The molecule has 2 saturated carbocycles. The maximum Gasteiger partial charge on any atom is 0.324 e.